The van der Waals surface area contributed by atoms with Gasteiger partial charge in [-0.2, -0.15) is 0 Å². The first-order valence-electron chi connectivity index (χ1n) is 6.72. The highest BCUT2D eigenvalue weighted by atomic mass is 16.7. The van der Waals surface area contributed by atoms with Crippen molar-refractivity contribution in [1.29, 1.82) is 0 Å². The maximum Gasteiger partial charge on any atom is 0.231 e. The third kappa shape index (κ3) is 2.73. The van der Waals surface area contributed by atoms with Crippen LogP contribution in [0.5, 0.6) is 23.0 Å². The van der Waals surface area contributed by atoms with E-state index in [-0.39, 0.29) is 12.5 Å². The van der Waals surface area contributed by atoms with Crippen LogP contribution >= 0.6 is 0 Å². The number of rotatable bonds is 5. The van der Waals surface area contributed by atoms with Crippen molar-refractivity contribution in [3.63, 3.8) is 0 Å². The Kier molecular flexibility index (Phi) is 3.83. The predicted molar refractivity (Wildman–Crippen MR) is 77.8 cm³/mol. The number of phenols is 1. The van der Waals surface area contributed by atoms with Crippen molar-refractivity contribution in [1.82, 2.24) is 5.32 Å². The van der Waals surface area contributed by atoms with Crippen LogP contribution in [0.15, 0.2) is 36.4 Å². The molecule has 1 heterocycles. The zero-order chi connectivity index (χ0) is 14.7. The number of benzene rings is 2. The summed E-state index contributed by atoms with van der Waals surface area (Å²) in [6.45, 7) is 1.43. The van der Waals surface area contributed by atoms with Gasteiger partial charge in [0.2, 0.25) is 6.79 Å². The lowest BCUT2D eigenvalue weighted by Gasteiger charge is -2.10. The minimum absolute atomic E-state index is 0.172. The molecule has 0 amide bonds. The first-order chi connectivity index (χ1) is 10.3. The van der Waals surface area contributed by atoms with Gasteiger partial charge in [-0.3, -0.25) is 0 Å². The maximum atomic E-state index is 10.0. The molecule has 0 saturated carbocycles. The Morgan fingerprint density at radius 2 is 1.86 bits per heavy atom. The first kappa shape index (κ1) is 13.6. The number of hydrogen-bond donors (Lipinski definition) is 2. The zero-order valence-corrected chi connectivity index (χ0v) is 11.8. The highest BCUT2D eigenvalue weighted by Gasteiger charge is 2.16. The van der Waals surface area contributed by atoms with Gasteiger partial charge in [-0.05, 0) is 12.1 Å². The van der Waals surface area contributed by atoms with Gasteiger partial charge in [-0.25, -0.2) is 0 Å². The quantitative estimate of drug-likeness (QED) is 0.884. The molecule has 0 atom stereocenters. The summed E-state index contributed by atoms with van der Waals surface area (Å²) in [6.07, 6.45) is 0. The van der Waals surface area contributed by atoms with Crippen LogP contribution in [-0.2, 0) is 13.1 Å². The van der Waals surface area contributed by atoms with E-state index in [0.717, 1.165) is 22.6 Å². The highest BCUT2D eigenvalue weighted by molar-refractivity contribution is 5.48. The van der Waals surface area contributed by atoms with Crippen molar-refractivity contribution in [2.45, 2.75) is 13.1 Å². The molecule has 21 heavy (non-hydrogen) atoms. The summed E-state index contributed by atoms with van der Waals surface area (Å²) < 4.78 is 15.9. The number of ether oxygens (including phenoxy) is 3. The Hall–Kier alpha value is -2.40. The minimum Gasteiger partial charge on any atom is -0.504 e. The molecule has 0 unspecified atom stereocenters. The van der Waals surface area contributed by atoms with E-state index in [0.29, 0.717) is 18.8 Å². The van der Waals surface area contributed by atoms with Crippen molar-refractivity contribution < 1.29 is 19.3 Å². The maximum absolute atomic E-state index is 10.0. The standard InChI is InChI=1S/C16H17NO4/c1-19-13-6-2-4-11(15(13)18)8-17-9-12-5-3-7-14-16(12)21-10-20-14/h2-7,17-18H,8-10H2,1H3. The van der Waals surface area contributed by atoms with Crippen LogP contribution in [0, 0.1) is 0 Å². The first-order valence-corrected chi connectivity index (χ1v) is 6.72. The molecule has 110 valence electrons. The Morgan fingerprint density at radius 1 is 1.10 bits per heavy atom. The number of aromatic hydroxyl groups is 1. The SMILES string of the molecule is COc1cccc(CNCc2cccc3c2OCO3)c1O. The van der Waals surface area contributed by atoms with Crippen LogP contribution < -0.4 is 19.5 Å². The lowest BCUT2D eigenvalue weighted by molar-refractivity contribution is 0.173. The van der Waals surface area contributed by atoms with Gasteiger partial charge in [0.05, 0.1) is 7.11 Å². The van der Waals surface area contributed by atoms with Crippen LogP contribution in [0.25, 0.3) is 0 Å². The van der Waals surface area contributed by atoms with Gasteiger partial charge in [-0.15, -0.1) is 0 Å². The van der Waals surface area contributed by atoms with E-state index in [2.05, 4.69) is 5.32 Å². The molecular formula is C16H17NO4. The summed E-state index contributed by atoms with van der Waals surface area (Å²) in [5.41, 5.74) is 1.83. The molecule has 5 nitrogen and oxygen atoms in total. The Morgan fingerprint density at radius 3 is 2.71 bits per heavy atom. The van der Waals surface area contributed by atoms with Crippen molar-refractivity contribution in [2.24, 2.45) is 0 Å². The van der Waals surface area contributed by atoms with Gasteiger partial charge in [0.15, 0.2) is 23.0 Å². The van der Waals surface area contributed by atoms with E-state index in [1.54, 1.807) is 6.07 Å². The Labute approximate surface area is 123 Å². The van der Waals surface area contributed by atoms with Crippen LogP contribution in [0.2, 0.25) is 0 Å². The fourth-order valence-electron chi connectivity index (χ4n) is 2.34. The third-order valence-electron chi connectivity index (χ3n) is 3.41. The van der Waals surface area contributed by atoms with Crippen molar-refractivity contribution >= 4 is 0 Å². The van der Waals surface area contributed by atoms with Crippen LogP contribution in [0.4, 0.5) is 0 Å². The summed E-state index contributed by atoms with van der Waals surface area (Å²) >= 11 is 0. The normalized spacial score (nSPS) is 12.4. The molecule has 1 aliphatic rings. The van der Waals surface area contributed by atoms with E-state index in [9.17, 15) is 5.11 Å². The average Bonchev–Trinajstić information content (AvgIpc) is 2.98. The highest BCUT2D eigenvalue weighted by Crippen LogP contribution is 2.35. The second kappa shape index (κ2) is 5.93. The molecular weight excluding hydrogens is 270 g/mol. The third-order valence-corrected chi connectivity index (χ3v) is 3.41. The smallest absolute Gasteiger partial charge is 0.231 e. The predicted octanol–water partition coefficient (Wildman–Crippen LogP) is 2.42. The number of phenolic OH excluding ortho intramolecular Hbond substituents is 1. The van der Waals surface area contributed by atoms with E-state index in [1.165, 1.54) is 7.11 Å². The molecule has 0 aliphatic carbocycles. The molecule has 0 spiro atoms. The molecule has 5 heteroatoms. The summed E-state index contributed by atoms with van der Waals surface area (Å²) in [5, 5.41) is 13.3. The van der Waals surface area contributed by atoms with Gasteiger partial charge in [0.25, 0.3) is 0 Å². The van der Waals surface area contributed by atoms with Crippen molar-refractivity contribution in [3.8, 4) is 23.0 Å². The molecule has 0 saturated heterocycles. The van der Waals surface area contributed by atoms with Crippen molar-refractivity contribution in [2.75, 3.05) is 13.9 Å². The Bertz CT molecular complexity index is 642. The van der Waals surface area contributed by atoms with Crippen LogP contribution in [0.3, 0.4) is 0 Å². The monoisotopic (exact) mass is 287 g/mol. The number of fused-ring (bicyclic) bond motifs is 1. The summed E-state index contributed by atoms with van der Waals surface area (Å²) in [6, 6.07) is 11.3. The largest absolute Gasteiger partial charge is 0.504 e. The van der Waals surface area contributed by atoms with Gasteiger partial charge in [-0.1, -0.05) is 24.3 Å². The number of nitrogens with one attached hydrogen (secondary N) is 1. The molecule has 0 radical (unpaired) electrons. The van der Waals surface area contributed by atoms with Gasteiger partial charge in [0, 0.05) is 24.2 Å². The fraction of sp³-hybridized carbons (Fsp3) is 0.250. The van der Waals surface area contributed by atoms with Crippen LogP contribution in [0.1, 0.15) is 11.1 Å². The number of para-hydroxylation sites is 2. The van der Waals surface area contributed by atoms with Gasteiger partial charge >= 0.3 is 0 Å². The van der Waals surface area contributed by atoms with Gasteiger partial charge < -0.3 is 24.6 Å². The van der Waals surface area contributed by atoms with E-state index >= 15 is 0 Å². The van der Waals surface area contributed by atoms with Crippen LogP contribution in [-0.4, -0.2) is 19.0 Å². The van der Waals surface area contributed by atoms with Crippen molar-refractivity contribution in [3.05, 3.63) is 47.5 Å². The van der Waals surface area contributed by atoms with Gasteiger partial charge in [0.1, 0.15) is 0 Å². The van der Waals surface area contributed by atoms with E-state index < -0.39 is 0 Å². The molecule has 0 aromatic heterocycles. The lowest BCUT2D eigenvalue weighted by atomic mass is 10.1. The minimum atomic E-state index is 0.172. The topological polar surface area (TPSA) is 60.0 Å². The lowest BCUT2D eigenvalue weighted by Crippen LogP contribution is -2.13. The van der Waals surface area contributed by atoms with E-state index in [1.807, 2.05) is 30.3 Å². The average molecular weight is 287 g/mol. The molecule has 2 aromatic rings. The molecule has 1 aliphatic heterocycles. The molecule has 0 fully saturated rings. The van der Waals surface area contributed by atoms with E-state index in [4.69, 9.17) is 14.2 Å². The molecule has 2 N–H and O–H groups in total. The molecule has 3 rings (SSSR count). The number of methoxy groups -OCH3 is 1. The Balaban J connectivity index is 1.66. The molecule has 0 bridgehead atoms. The summed E-state index contributed by atoms with van der Waals surface area (Å²) in [7, 11) is 1.54. The second-order valence-corrected chi connectivity index (χ2v) is 4.72. The summed E-state index contributed by atoms with van der Waals surface area (Å²) in [4.78, 5) is 0. The second-order valence-electron chi connectivity index (χ2n) is 4.72. The zero-order valence-electron chi connectivity index (χ0n) is 11.8. The summed E-state index contributed by atoms with van der Waals surface area (Å²) in [5.74, 6) is 2.22. The fourth-order valence-corrected chi connectivity index (χ4v) is 2.34. The molecule has 2 aromatic carbocycles. The number of hydrogen-bond acceptors (Lipinski definition) is 5.